The molecule has 1 saturated heterocycles. The summed E-state index contributed by atoms with van der Waals surface area (Å²) in [6.07, 6.45) is 1.99. The van der Waals surface area contributed by atoms with Crippen LogP contribution in [0.15, 0.2) is 33.8 Å². The minimum absolute atomic E-state index is 0.0281. The SMILES string of the molecule is CN=C(N)N1CCCC1c1nc(-c2ccc(C)cc2)no1. The van der Waals surface area contributed by atoms with Gasteiger partial charge < -0.3 is 15.2 Å². The summed E-state index contributed by atoms with van der Waals surface area (Å²) in [5.41, 5.74) is 8.09. The van der Waals surface area contributed by atoms with E-state index in [0.717, 1.165) is 24.9 Å². The number of guanidine groups is 1. The van der Waals surface area contributed by atoms with Crippen LogP contribution in [0.1, 0.15) is 30.3 Å². The average molecular weight is 285 g/mol. The molecule has 1 aromatic heterocycles. The van der Waals surface area contributed by atoms with Crippen LogP contribution >= 0.6 is 0 Å². The predicted molar refractivity (Wildman–Crippen MR) is 80.7 cm³/mol. The molecular weight excluding hydrogens is 266 g/mol. The monoisotopic (exact) mass is 285 g/mol. The van der Waals surface area contributed by atoms with E-state index < -0.39 is 0 Å². The van der Waals surface area contributed by atoms with Gasteiger partial charge in [0.1, 0.15) is 6.04 Å². The van der Waals surface area contributed by atoms with Gasteiger partial charge in [-0.2, -0.15) is 4.98 Å². The van der Waals surface area contributed by atoms with Gasteiger partial charge in [-0.05, 0) is 19.8 Å². The average Bonchev–Trinajstić information content (AvgIpc) is 3.15. The van der Waals surface area contributed by atoms with Crippen molar-refractivity contribution < 1.29 is 4.52 Å². The second-order valence-electron chi connectivity index (χ2n) is 5.26. The van der Waals surface area contributed by atoms with Crippen molar-refractivity contribution in [1.29, 1.82) is 0 Å². The fraction of sp³-hybridized carbons (Fsp3) is 0.400. The Labute approximate surface area is 123 Å². The van der Waals surface area contributed by atoms with E-state index in [2.05, 4.69) is 22.1 Å². The molecule has 1 atom stereocenters. The summed E-state index contributed by atoms with van der Waals surface area (Å²) < 4.78 is 5.44. The first-order chi connectivity index (χ1) is 10.2. The zero-order chi connectivity index (χ0) is 14.8. The second-order valence-corrected chi connectivity index (χ2v) is 5.26. The van der Waals surface area contributed by atoms with Gasteiger partial charge in [-0.1, -0.05) is 35.0 Å². The highest BCUT2D eigenvalue weighted by molar-refractivity contribution is 5.78. The van der Waals surface area contributed by atoms with Crippen molar-refractivity contribution in [3.05, 3.63) is 35.7 Å². The largest absolute Gasteiger partial charge is 0.370 e. The highest BCUT2D eigenvalue weighted by Gasteiger charge is 2.32. The van der Waals surface area contributed by atoms with Crippen LogP contribution in [0.5, 0.6) is 0 Å². The number of nitrogens with two attached hydrogens (primary N) is 1. The summed E-state index contributed by atoms with van der Waals surface area (Å²) in [5.74, 6) is 1.74. The Bertz CT molecular complexity index is 646. The van der Waals surface area contributed by atoms with Crippen molar-refractivity contribution in [1.82, 2.24) is 15.0 Å². The van der Waals surface area contributed by atoms with Crippen molar-refractivity contribution in [3.63, 3.8) is 0 Å². The summed E-state index contributed by atoms with van der Waals surface area (Å²) in [6.45, 7) is 2.92. The van der Waals surface area contributed by atoms with Gasteiger partial charge in [-0.3, -0.25) is 4.99 Å². The highest BCUT2D eigenvalue weighted by Crippen LogP contribution is 2.31. The topological polar surface area (TPSA) is 80.5 Å². The summed E-state index contributed by atoms with van der Waals surface area (Å²) in [6, 6.07) is 8.10. The number of nitrogens with zero attached hydrogens (tertiary/aromatic N) is 4. The first-order valence-corrected chi connectivity index (χ1v) is 7.08. The molecule has 0 bridgehead atoms. The molecule has 2 N–H and O–H groups in total. The maximum absolute atomic E-state index is 5.93. The van der Waals surface area contributed by atoms with Gasteiger partial charge in [0.15, 0.2) is 5.96 Å². The van der Waals surface area contributed by atoms with E-state index in [-0.39, 0.29) is 6.04 Å². The van der Waals surface area contributed by atoms with Crippen molar-refractivity contribution in [2.75, 3.05) is 13.6 Å². The van der Waals surface area contributed by atoms with E-state index in [0.29, 0.717) is 17.7 Å². The van der Waals surface area contributed by atoms with Gasteiger partial charge in [-0.25, -0.2) is 0 Å². The first-order valence-electron chi connectivity index (χ1n) is 7.08. The zero-order valence-corrected chi connectivity index (χ0v) is 12.3. The molecule has 1 aliphatic heterocycles. The third kappa shape index (κ3) is 2.61. The molecule has 1 unspecified atom stereocenters. The Morgan fingerprint density at radius 3 is 2.86 bits per heavy atom. The Kier molecular flexibility index (Phi) is 3.60. The molecule has 21 heavy (non-hydrogen) atoms. The van der Waals surface area contributed by atoms with Crippen LogP contribution in [0.4, 0.5) is 0 Å². The summed E-state index contributed by atoms with van der Waals surface area (Å²) in [4.78, 5) is 10.6. The number of benzene rings is 1. The lowest BCUT2D eigenvalue weighted by atomic mass is 10.1. The predicted octanol–water partition coefficient (Wildman–Crippen LogP) is 2.13. The molecule has 0 aliphatic carbocycles. The molecule has 1 aliphatic rings. The molecular formula is C15H19N5O. The third-order valence-electron chi connectivity index (χ3n) is 3.81. The number of likely N-dealkylation sites (tertiary alicyclic amines) is 1. The fourth-order valence-corrected chi connectivity index (χ4v) is 2.62. The van der Waals surface area contributed by atoms with Gasteiger partial charge >= 0.3 is 0 Å². The van der Waals surface area contributed by atoms with Crippen LogP contribution in [-0.4, -0.2) is 34.6 Å². The van der Waals surface area contributed by atoms with Gasteiger partial charge in [0, 0.05) is 19.2 Å². The number of aryl methyl sites for hydroxylation is 1. The Morgan fingerprint density at radius 2 is 2.14 bits per heavy atom. The lowest BCUT2D eigenvalue weighted by molar-refractivity contribution is 0.284. The third-order valence-corrected chi connectivity index (χ3v) is 3.81. The molecule has 1 fully saturated rings. The molecule has 1 aromatic carbocycles. The van der Waals surface area contributed by atoms with Crippen molar-refractivity contribution in [2.24, 2.45) is 10.7 Å². The van der Waals surface area contributed by atoms with Crippen LogP contribution in [0.25, 0.3) is 11.4 Å². The van der Waals surface area contributed by atoms with E-state index in [9.17, 15) is 0 Å². The molecule has 0 spiro atoms. The van der Waals surface area contributed by atoms with Crippen LogP contribution in [-0.2, 0) is 0 Å². The molecule has 0 amide bonds. The minimum Gasteiger partial charge on any atom is -0.370 e. The van der Waals surface area contributed by atoms with Crippen LogP contribution < -0.4 is 5.73 Å². The van der Waals surface area contributed by atoms with E-state index in [1.165, 1.54) is 5.56 Å². The molecule has 110 valence electrons. The smallest absolute Gasteiger partial charge is 0.249 e. The van der Waals surface area contributed by atoms with Gasteiger partial charge in [0.25, 0.3) is 0 Å². The van der Waals surface area contributed by atoms with E-state index in [4.69, 9.17) is 10.3 Å². The van der Waals surface area contributed by atoms with Crippen molar-refractivity contribution in [3.8, 4) is 11.4 Å². The molecule has 0 saturated carbocycles. The Hall–Kier alpha value is -2.37. The lowest BCUT2D eigenvalue weighted by Crippen LogP contribution is -2.36. The number of aliphatic imine (C=N–C) groups is 1. The summed E-state index contributed by atoms with van der Waals surface area (Å²) in [7, 11) is 1.69. The van der Waals surface area contributed by atoms with Crippen molar-refractivity contribution >= 4 is 5.96 Å². The summed E-state index contributed by atoms with van der Waals surface area (Å²) >= 11 is 0. The molecule has 2 heterocycles. The van der Waals surface area contributed by atoms with Gasteiger partial charge in [0.05, 0.1) is 0 Å². The van der Waals surface area contributed by atoms with E-state index in [1.54, 1.807) is 7.05 Å². The molecule has 3 rings (SSSR count). The van der Waals surface area contributed by atoms with Gasteiger partial charge in [0.2, 0.25) is 11.7 Å². The van der Waals surface area contributed by atoms with Crippen LogP contribution in [0.3, 0.4) is 0 Å². The highest BCUT2D eigenvalue weighted by atomic mass is 16.5. The number of aromatic nitrogens is 2. The van der Waals surface area contributed by atoms with Crippen molar-refractivity contribution in [2.45, 2.75) is 25.8 Å². The summed E-state index contributed by atoms with van der Waals surface area (Å²) in [5, 5.41) is 4.09. The Balaban J connectivity index is 1.86. The maximum atomic E-state index is 5.93. The fourth-order valence-electron chi connectivity index (χ4n) is 2.62. The van der Waals surface area contributed by atoms with Crippen LogP contribution in [0, 0.1) is 6.92 Å². The molecule has 0 radical (unpaired) electrons. The Morgan fingerprint density at radius 1 is 1.38 bits per heavy atom. The van der Waals surface area contributed by atoms with E-state index >= 15 is 0 Å². The quantitative estimate of drug-likeness (QED) is 0.675. The van der Waals surface area contributed by atoms with Crippen LogP contribution in [0.2, 0.25) is 0 Å². The number of hydrogen-bond acceptors (Lipinski definition) is 4. The molecule has 6 heteroatoms. The first kappa shape index (κ1) is 13.6. The number of hydrogen-bond donors (Lipinski definition) is 1. The number of rotatable bonds is 2. The van der Waals surface area contributed by atoms with Gasteiger partial charge in [-0.15, -0.1) is 0 Å². The normalized spacial score (nSPS) is 19.2. The van der Waals surface area contributed by atoms with E-state index in [1.807, 2.05) is 29.2 Å². The minimum atomic E-state index is 0.0281. The lowest BCUT2D eigenvalue weighted by Gasteiger charge is -2.22. The zero-order valence-electron chi connectivity index (χ0n) is 12.3. The second kappa shape index (κ2) is 5.55. The molecule has 2 aromatic rings. The maximum Gasteiger partial charge on any atom is 0.249 e. The molecule has 6 nitrogen and oxygen atoms in total. The standard InChI is InChI=1S/C15H19N5O/c1-10-5-7-11(8-6-10)13-18-14(21-19-13)12-4-3-9-20(12)15(16)17-2/h5-8,12H,3-4,9H2,1-2H3,(H2,16,17).